The van der Waals surface area contributed by atoms with Crippen LogP contribution in [0.5, 0.6) is 0 Å². The van der Waals surface area contributed by atoms with Gasteiger partial charge in [0.05, 0.1) is 5.69 Å². The van der Waals surface area contributed by atoms with E-state index in [2.05, 4.69) is 10.4 Å². The summed E-state index contributed by atoms with van der Waals surface area (Å²) in [6.07, 6.45) is -4.30. The van der Waals surface area contributed by atoms with E-state index in [-0.39, 0.29) is 12.5 Å². The SMILES string of the molecule is Cc1ccccc1-c1cc2n(n1)C(C(F)(F)F)CC(C)N2. The third kappa shape index (κ3) is 2.50. The third-order valence-electron chi connectivity index (χ3n) is 3.80. The Hall–Kier alpha value is -1.98. The van der Waals surface area contributed by atoms with Crippen LogP contribution in [-0.4, -0.2) is 22.0 Å². The van der Waals surface area contributed by atoms with Crippen LogP contribution in [0, 0.1) is 6.92 Å². The molecule has 21 heavy (non-hydrogen) atoms. The van der Waals surface area contributed by atoms with Crippen LogP contribution in [0.2, 0.25) is 0 Å². The highest BCUT2D eigenvalue weighted by Crippen LogP contribution is 2.40. The molecular formula is C15H16F3N3. The zero-order valence-electron chi connectivity index (χ0n) is 11.8. The summed E-state index contributed by atoms with van der Waals surface area (Å²) in [6.45, 7) is 3.67. The van der Waals surface area contributed by atoms with Crippen molar-refractivity contribution in [3.05, 3.63) is 35.9 Å². The second kappa shape index (κ2) is 4.79. The Bertz CT molecular complexity index is 660. The maximum absolute atomic E-state index is 13.2. The Morgan fingerprint density at radius 1 is 1.29 bits per heavy atom. The maximum Gasteiger partial charge on any atom is 0.410 e. The van der Waals surface area contributed by atoms with Gasteiger partial charge in [-0.1, -0.05) is 24.3 Å². The smallest absolute Gasteiger partial charge is 0.368 e. The van der Waals surface area contributed by atoms with Crippen molar-refractivity contribution in [2.75, 3.05) is 5.32 Å². The summed E-state index contributed by atoms with van der Waals surface area (Å²) in [4.78, 5) is 0. The molecule has 1 aliphatic rings. The van der Waals surface area contributed by atoms with E-state index in [0.29, 0.717) is 11.5 Å². The molecule has 1 aromatic heterocycles. The van der Waals surface area contributed by atoms with Gasteiger partial charge in [-0.15, -0.1) is 0 Å². The quantitative estimate of drug-likeness (QED) is 0.856. The number of anilines is 1. The zero-order chi connectivity index (χ0) is 15.2. The van der Waals surface area contributed by atoms with Crippen molar-refractivity contribution in [3.8, 4) is 11.3 Å². The van der Waals surface area contributed by atoms with Gasteiger partial charge in [0.25, 0.3) is 0 Å². The average Bonchev–Trinajstić information content (AvgIpc) is 2.80. The summed E-state index contributed by atoms with van der Waals surface area (Å²) in [5.41, 5.74) is 2.42. The van der Waals surface area contributed by atoms with Crippen LogP contribution in [0.25, 0.3) is 11.3 Å². The minimum Gasteiger partial charge on any atom is -0.368 e. The summed E-state index contributed by atoms with van der Waals surface area (Å²) >= 11 is 0. The number of alkyl halides is 3. The minimum atomic E-state index is -4.29. The van der Waals surface area contributed by atoms with Crippen molar-refractivity contribution in [3.63, 3.8) is 0 Å². The van der Waals surface area contributed by atoms with E-state index >= 15 is 0 Å². The van der Waals surface area contributed by atoms with Crippen LogP contribution in [0.1, 0.15) is 24.9 Å². The number of halogens is 3. The summed E-state index contributed by atoms with van der Waals surface area (Å²) < 4.78 is 40.7. The third-order valence-corrected chi connectivity index (χ3v) is 3.80. The lowest BCUT2D eigenvalue weighted by Gasteiger charge is -2.31. The number of nitrogens with one attached hydrogen (secondary N) is 1. The topological polar surface area (TPSA) is 29.9 Å². The van der Waals surface area contributed by atoms with Crippen molar-refractivity contribution in [2.24, 2.45) is 0 Å². The molecule has 3 nitrogen and oxygen atoms in total. The summed E-state index contributed by atoms with van der Waals surface area (Å²) in [5.74, 6) is 0.425. The number of rotatable bonds is 1. The first-order valence-corrected chi connectivity index (χ1v) is 6.85. The second-order valence-corrected chi connectivity index (χ2v) is 5.51. The number of benzene rings is 1. The first-order chi connectivity index (χ1) is 9.86. The standard InChI is InChI=1S/C15H16F3N3/c1-9-5-3-4-6-11(9)12-8-14-19-10(2)7-13(15(16,17)18)21(14)20-12/h3-6,8,10,13,19H,7H2,1-2H3. The monoisotopic (exact) mass is 295 g/mol. The fourth-order valence-corrected chi connectivity index (χ4v) is 2.75. The molecule has 6 heteroatoms. The molecule has 112 valence electrons. The predicted octanol–water partition coefficient (Wildman–Crippen LogP) is 4.17. The zero-order valence-corrected chi connectivity index (χ0v) is 11.8. The van der Waals surface area contributed by atoms with E-state index in [4.69, 9.17) is 0 Å². The van der Waals surface area contributed by atoms with Crippen molar-refractivity contribution < 1.29 is 13.2 Å². The molecule has 0 saturated carbocycles. The molecule has 0 aliphatic carbocycles. The van der Waals surface area contributed by atoms with Gasteiger partial charge in [-0.3, -0.25) is 0 Å². The van der Waals surface area contributed by atoms with Crippen LogP contribution in [-0.2, 0) is 0 Å². The van der Waals surface area contributed by atoms with Crippen LogP contribution in [0.4, 0.5) is 19.0 Å². The van der Waals surface area contributed by atoms with Gasteiger partial charge in [0.2, 0.25) is 0 Å². The highest BCUT2D eigenvalue weighted by atomic mass is 19.4. The van der Waals surface area contributed by atoms with Gasteiger partial charge in [-0.25, -0.2) is 4.68 Å². The van der Waals surface area contributed by atoms with E-state index < -0.39 is 12.2 Å². The lowest BCUT2D eigenvalue weighted by atomic mass is 10.1. The van der Waals surface area contributed by atoms with Gasteiger partial charge in [0.1, 0.15) is 5.82 Å². The van der Waals surface area contributed by atoms with Crippen LogP contribution in [0.15, 0.2) is 30.3 Å². The van der Waals surface area contributed by atoms with Gasteiger partial charge < -0.3 is 5.32 Å². The minimum absolute atomic E-state index is 0.00854. The second-order valence-electron chi connectivity index (χ2n) is 5.51. The van der Waals surface area contributed by atoms with E-state index in [1.165, 1.54) is 0 Å². The molecule has 1 N–H and O–H groups in total. The summed E-state index contributed by atoms with van der Waals surface area (Å²) in [7, 11) is 0. The van der Waals surface area contributed by atoms with Gasteiger partial charge in [0.15, 0.2) is 6.04 Å². The molecule has 0 spiro atoms. The van der Waals surface area contributed by atoms with Crippen molar-refractivity contribution in [2.45, 2.75) is 38.5 Å². The van der Waals surface area contributed by atoms with Crippen molar-refractivity contribution in [1.82, 2.24) is 9.78 Å². The lowest BCUT2D eigenvalue weighted by Crippen LogP contribution is -2.37. The molecule has 0 radical (unpaired) electrons. The van der Waals surface area contributed by atoms with Crippen molar-refractivity contribution >= 4 is 5.82 Å². The molecule has 2 heterocycles. The first kappa shape index (κ1) is 14.0. The number of fused-ring (bicyclic) bond motifs is 1. The van der Waals surface area contributed by atoms with Gasteiger partial charge in [-0.05, 0) is 25.8 Å². The molecule has 1 aliphatic heterocycles. The highest BCUT2D eigenvalue weighted by Gasteiger charge is 2.45. The molecule has 2 unspecified atom stereocenters. The summed E-state index contributed by atoms with van der Waals surface area (Å²) in [6, 6.07) is 7.44. The Balaban J connectivity index is 2.08. The Morgan fingerprint density at radius 2 is 2.00 bits per heavy atom. The molecule has 0 amide bonds. The van der Waals surface area contributed by atoms with Crippen molar-refractivity contribution in [1.29, 1.82) is 0 Å². The number of nitrogens with zero attached hydrogens (tertiary/aromatic N) is 2. The molecule has 3 rings (SSSR count). The Kier molecular flexibility index (Phi) is 3.19. The van der Waals surface area contributed by atoms with Crippen LogP contribution >= 0.6 is 0 Å². The fraction of sp³-hybridized carbons (Fsp3) is 0.400. The first-order valence-electron chi connectivity index (χ1n) is 6.85. The fourth-order valence-electron chi connectivity index (χ4n) is 2.75. The number of aryl methyl sites for hydroxylation is 1. The normalized spacial score (nSPS) is 21.8. The van der Waals surface area contributed by atoms with E-state index in [0.717, 1.165) is 15.8 Å². The summed E-state index contributed by atoms with van der Waals surface area (Å²) in [5, 5.41) is 7.27. The largest absolute Gasteiger partial charge is 0.410 e. The van der Waals surface area contributed by atoms with Crippen LogP contribution in [0.3, 0.4) is 0 Å². The highest BCUT2D eigenvalue weighted by molar-refractivity contribution is 5.66. The molecule has 2 aromatic rings. The molecule has 0 fully saturated rings. The average molecular weight is 295 g/mol. The molecule has 1 aromatic carbocycles. The predicted molar refractivity (Wildman–Crippen MR) is 75.2 cm³/mol. The van der Waals surface area contributed by atoms with Gasteiger partial charge in [0, 0.05) is 17.7 Å². The molecular weight excluding hydrogens is 279 g/mol. The van der Waals surface area contributed by atoms with Crippen LogP contribution < -0.4 is 5.32 Å². The number of hydrogen-bond acceptors (Lipinski definition) is 2. The Labute approximate surface area is 120 Å². The number of aromatic nitrogens is 2. The Morgan fingerprint density at radius 3 is 2.67 bits per heavy atom. The molecule has 2 atom stereocenters. The van der Waals surface area contributed by atoms with E-state index in [1.807, 2.05) is 31.2 Å². The number of hydrogen-bond donors (Lipinski definition) is 1. The maximum atomic E-state index is 13.2. The van der Waals surface area contributed by atoms with E-state index in [1.54, 1.807) is 13.0 Å². The van der Waals surface area contributed by atoms with Gasteiger partial charge >= 0.3 is 6.18 Å². The van der Waals surface area contributed by atoms with Gasteiger partial charge in [-0.2, -0.15) is 18.3 Å². The van der Waals surface area contributed by atoms with E-state index in [9.17, 15) is 13.2 Å². The lowest BCUT2D eigenvalue weighted by molar-refractivity contribution is -0.173. The molecule has 0 saturated heterocycles. The molecule has 0 bridgehead atoms.